The maximum atomic E-state index is 13.5. The van der Waals surface area contributed by atoms with Gasteiger partial charge < -0.3 is 0 Å². The lowest BCUT2D eigenvalue weighted by Crippen LogP contribution is -1.90. The number of rotatable bonds is 1. The van der Waals surface area contributed by atoms with Gasteiger partial charge in [0, 0.05) is 5.56 Å². The summed E-state index contributed by atoms with van der Waals surface area (Å²) in [5.74, 6) is -0.462. The molecule has 6 heteroatoms. The van der Waals surface area contributed by atoms with Gasteiger partial charge in [-0.2, -0.15) is 0 Å². The third-order valence-electron chi connectivity index (χ3n) is 2.06. The summed E-state index contributed by atoms with van der Waals surface area (Å²) in [5.41, 5.74) is 0.426. The minimum atomic E-state index is -0.462. The first kappa shape index (κ1) is 12.7. The van der Waals surface area contributed by atoms with Crippen molar-refractivity contribution in [3.63, 3.8) is 0 Å². The monoisotopic (exact) mass is 287 g/mol. The van der Waals surface area contributed by atoms with E-state index in [0.29, 0.717) is 4.38 Å². The minimum Gasteiger partial charge on any atom is -0.279 e. The van der Waals surface area contributed by atoms with Crippen LogP contribution in [0.5, 0.6) is 0 Å². The molecule has 2 rings (SSSR count). The van der Waals surface area contributed by atoms with E-state index in [4.69, 9.17) is 11.6 Å². The van der Waals surface area contributed by atoms with Crippen LogP contribution in [0.2, 0.25) is 5.02 Å². The third kappa shape index (κ3) is 2.73. The molecular formula is C11H7ClFNOS2. The van der Waals surface area contributed by atoms with Crippen LogP contribution in [-0.4, -0.2) is 15.7 Å². The van der Waals surface area contributed by atoms with Crippen LogP contribution < -0.4 is 0 Å². The Morgan fingerprint density at radius 2 is 2.29 bits per heavy atom. The van der Waals surface area contributed by atoms with Gasteiger partial charge in [0.25, 0.3) is 0 Å². The molecule has 1 aromatic rings. The SMILES string of the molecule is CSC1=NC(=Cc2c(F)cccc2Cl)C(=O)S1. The third-order valence-corrected chi connectivity index (χ3v) is 4.24. The second-order valence-corrected chi connectivity index (χ2v) is 5.56. The van der Waals surface area contributed by atoms with Crippen molar-refractivity contribution in [1.82, 2.24) is 0 Å². The summed E-state index contributed by atoms with van der Waals surface area (Å²) < 4.78 is 14.2. The van der Waals surface area contributed by atoms with Gasteiger partial charge in [0.1, 0.15) is 15.9 Å². The van der Waals surface area contributed by atoms with Crippen LogP contribution in [-0.2, 0) is 4.79 Å². The van der Waals surface area contributed by atoms with Crippen LogP contribution in [0.15, 0.2) is 28.9 Å². The maximum Gasteiger partial charge on any atom is 0.244 e. The first-order chi connectivity index (χ1) is 8.11. The van der Waals surface area contributed by atoms with E-state index < -0.39 is 5.82 Å². The van der Waals surface area contributed by atoms with E-state index >= 15 is 0 Å². The molecule has 1 heterocycles. The largest absolute Gasteiger partial charge is 0.279 e. The van der Waals surface area contributed by atoms with Crippen LogP contribution >= 0.6 is 35.1 Å². The van der Waals surface area contributed by atoms with E-state index in [1.165, 1.54) is 30.0 Å². The van der Waals surface area contributed by atoms with Crippen molar-refractivity contribution >= 4 is 50.7 Å². The zero-order chi connectivity index (χ0) is 12.4. The standard InChI is InChI=1S/C11H7ClFNOS2/c1-16-11-14-9(10(15)17-11)5-6-7(12)3-2-4-8(6)13/h2-5H,1H3. The van der Waals surface area contributed by atoms with Crippen molar-refractivity contribution in [1.29, 1.82) is 0 Å². The molecule has 0 aromatic heterocycles. The number of thioether (sulfide) groups is 2. The van der Waals surface area contributed by atoms with Crippen LogP contribution in [0.3, 0.4) is 0 Å². The number of hydrogen-bond acceptors (Lipinski definition) is 4. The lowest BCUT2D eigenvalue weighted by molar-refractivity contribution is -0.107. The molecule has 0 saturated heterocycles. The highest BCUT2D eigenvalue weighted by atomic mass is 35.5. The Balaban J connectivity index is 2.43. The Kier molecular flexibility index (Phi) is 3.91. The van der Waals surface area contributed by atoms with Crippen molar-refractivity contribution in [3.8, 4) is 0 Å². The number of nitrogens with zero attached hydrogens (tertiary/aromatic N) is 1. The molecule has 1 aliphatic heterocycles. The molecule has 1 aliphatic rings. The van der Waals surface area contributed by atoms with Gasteiger partial charge in [0.05, 0.1) is 5.02 Å². The van der Waals surface area contributed by atoms with Gasteiger partial charge in [-0.05, 0) is 36.2 Å². The fourth-order valence-electron chi connectivity index (χ4n) is 1.26. The number of benzene rings is 1. The zero-order valence-electron chi connectivity index (χ0n) is 8.74. The van der Waals surface area contributed by atoms with E-state index in [9.17, 15) is 9.18 Å². The lowest BCUT2D eigenvalue weighted by atomic mass is 10.2. The second-order valence-electron chi connectivity index (χ2n) is 3.14. The van der Waals surface area contributed by atoms with Crippen molar-refractivity contribution < 1.29 is 9.18 Å². The smallest absolute Gasteiger partial charge is 0.244 e. The average Bonchev–Trinajstić information content (AvgIpc) is 2.65. The molecule has 88 valence electrons. The molecule has 0 radical (unpaired) electrons. The highest BCUT2D eigenvalue weighted by Crippen LogP contribution is 2.31. The van der Waals surface area contributed by atoms with Gasteiger partial charge in [-0.1, -0.05) is 17.7 Å². The van der Waals surface area contributed by atoms with Gasteiger partial charge in [-0.3, -0.25) is 4.79 Å². The fraction of sp³-hybridized carbons (Fsp3) is 0.0909. The number of aliphatic imine (C=N–C) groups is 1. The van der Waals surface area contributed by atoms with E-state index in [0.717, 1.165) is 11.8 Å². The van der Waals surface area contributed by atoms with E-state index in [1.807, 2.05) is 6.26 Å². The molecule has 0 amide bonds. The van der Waals surface area contributed by atoms with E-state index in [1.54, 1.807) is 6.07 Å². The fourth-order valence-corrected chi connectivity index (χ4v) is 2.74. The molecule has 0 saturated carbocycles. The summed E-state index contributed by atoms with van der Waals surface area (Å²) in [4.78, 5) is 15.7. The predicted octanol–water partition coefficient (Wildman–Crippen LogP) is 3.81. The Hall–Kier alpha value is -0.780. The average molecular weight is 288 g/mol. The number of halogens is 2. The number of carbonyl (C=O) groups excluding carboxylic acids is 1. The Labute approximate surface area is 111 Å². The summed E-state index contributed by atoms with van der Waals surface area (Å²) >= 11 is 8.30. The number of hydrogen-bond donors (Lipinski definition) is 0. The Morgan fingerprint density at radius 1 is 1.53 bits per heavy atom. The quantitative estimate of drug-likeness (QED) is 0.736. The molecule has 0 spiro atoms. The predicted molar refractivity (Wildman–Crippen MR) is 72.9 cm³/mol. The highest BCUT2D eigenvalue weighted by molar-refractivity contribution is 8.45. The van der Waals surface area contributed by atoms with Crippen LogP contribution in [0.1, 0.15) is 5.56 Å². The molecule has 1 aromatic carbocycles. The summed E-state index contributed by atoms with van der Waals surface area (Å²) in [6, 6.07) is 4.38. The molecule has 0 bridgehead atoms. The molecular weight excluding hydrogens is 281 g/mol. The summed E-state index contributed by atoms with van der Waals surface area (Å²) in [5, 5.41) is 0.0803. The molecule has 0 unspecified atom stereocenters. The molecule has 0 N–H and O–H groups in total. The zero-order valence-corrected chi connectivity index (χ0v) is 11.1. The van der Waals surface area contributed by atoms with Gasteiger partial charge in [0.15, 0.2) is 0 Å². The molecule has 2 nitrogen and oxygen atoms in total. The highest BCUT2D eigenvalue weighted by Gasteiger charge is 2.22. The molecule has 0 aliphatic carbocycles. The van der Waals surface area contributed by atoms with Gasteiger partial charge in [-0.25, -0.2) is 9.38 Å². The first-order valence-electron chi connectivity index (χ1n) is 4.62. The summed E-state index contributed by atoms with van der Waals surface area (Å²) in [6.45, 7) is 0. The summed E-state index contributed by atoms with van der Waals surface area (Å²) in [6.07, 6.45) is 3.22. The molecule has 0 fully saturated rings. The van der Waals surface area contributed by atoms with Crippen LogP contribution in [0.25, 0.3) is 6.08 Å². The van der Waals surface area contributed by atoms with Gasteiger partial charge in [0.2, 0.25) is 5.12 Å². The van der Waals surface area contributed by atoms with E-state index in [2.05, 4.69) is 4.99 Å². The van der Waals surface area contributed by atoms with Crippen LogP contribution in [0.4, 0.5) is 4.39 Å². The second kappa shape index (κ2) is 5.25. The van der Waals surface area contributed by atoms with Gasteiger partial charge in [-0.15, -0.1) is 11.8 Å². The summed E-state index contributed by atoms with van der Waals surface area (Å²) in [7, 11) is 0. The first-order valence-corrected chi connectivity index (χ1v) is 7.04. The van der Waals surface area contributed by atoms with Crippen molar-refractivity contribution in [2.24, 2.45) is 4.99 Å². The normalized spacial score (nSPS) is 17.7. The Morgan fingerprint density at radius 3 is 2.88 bits per heavy atom. The molecule has 0 atom stereocenters. The molecule has 17 heavy (non-hydrogen) atoms. The van der Waals surface area contributed by atoms with Crippen LogP contribution in [0, 0.1) is 5.82 Å². The topological polar surface area (TPSA) is 29.4 Å². The van der Waals surface area contributed by atoms with Gasteiger partial charge >= 0.3 is 0 Å². The van der Waals surface area contributed by atoms with Crippen molar-refractivity contribution in [3.05, 3.63) is 40.3 Å². The minimum absolute atomic E-state index is 0.186. The van der Waals surface area contributed by atoms with Crippen molar-refractivity contribution in [2.45, 2.75) is 0 Å². The number of carbonyl (C=O) groups is 1. The Bertz CT molecular complexity index is 522. The van der Waals surface area contributed by atoms with Crippen molar-refractivity contribution in [2.75, 3.05) is 6.26 Å². The maximum absolute atomic E-state index is 13.5. The van der Waals surface area contributed by atoms with E-state index in [-0.39, 0.29) is 21.4 Å². The lowest BCUT2D eigenvalue weighted by Gasteiger charge is -1.99.